The van der Waals surface area contributed by atoms with Crippen LogP contribution in [0.25, 0.3) is 0 Å². The Bertz CT molecular complexity index is 748. The molecule has 0 aliphatic carbocycles. The molecule has 0 bridgehead atoms. The smallest absolute Gasteiger partial charge is 0.303 e. The van der Waals surface area contributed by atoms with Crippen LogP contribution < -0.4 is 0 Å². The number of carboxylic acid groups (broad SMARTS) is 1. The Morgan fingerprint density at radius 1 is 0.885 bits per heavy atom. The van der Waals surface area contributed by atoms with Crippen LogP contribution in [0.4, 0.5) is 0 Å². The van der Waals surface area contributed by atoms with Gasteiger partial charge in [-0.05, 0) is 139 Å². The monoisotopic (exact) mass is 804 g/mol. The van der Waals surface area contributed by atoms with Gasteiger partial charge >= 0.3 is 5.97 Å². The quantitative estimate of drug-likeness (QED) is 0.310. The molecule has 2 aromatic rings. The van der Waals surface area contributed by atoms with E-state index in [0.717, 1.165) is 25.4 Å². The highest BCUT2D eigenvalue weighted by atomic mass is 127. The number of carboxylic acids is 1. The van der Waals surface area contributed by atoms with Crippen LogP contribution in [0.3, 0.4) is 0 Å². The molecule has 3 N–H and O–H groups in total. The zero-order valence-electron chi connectivity index (χ0n) is 13.7. The maximum absolute atomic E-state index is 11.0. The number of phenolic OH excluding ortho intramolecular Hbond substituents is 2. The van der Waals surface area contributed by atoms with Crippen molar-refractivity contribution in [3.63, 3.8) is 0 Å². The summed E-state index contributed by atoms with van der Waals surface area (Å²) < 4.78 is 3.04. The summed E-state index contributed by atoms with van der Waals surface area (Å²) in [5.74, 6) is -0.285. The minimum atomic E-state index is -0.808. The van der Waals surface area contributed by atoms with Crippen molar-refractivity contribution < 1.29 is 20.1 Å². The lowest BCUT2D eigenvalue weighted by molar-refractivity contribution is -0.137. The van der Waals surface area contributed by atoms with E-state index in [1.54, 1.807) is 0 Å². The van der Waals surface area contributed by atoms with Crippen molar-refractivity contribution in [2.45, 2.75) is 31.6 Å². The number of hydrogen-bond donors (Lipinski definition) is 3. The first kappa shape index (κ1) is 22.7. The first-order valence-corrected chi connectivity index (χ1v) is 12.0. The van der Waals surface area contributed by atoms with Crippen LogP contribution in [0.5, 0.6) is 11.5 Å². The Balaban J connectivity index is 2.61. The number of aromatic hydroxyl groups is 2. The van der Waals surface area contributed by atoms with Gasteiger partial charge in [-0.1, -0.05) is 6.92 Å². The number of hydrogen-bond acceptors (Lipinski definition) is 3. The summed E-state index contributed by atoms with van der Waals surface area (Å²) in [7, 11) is 0. The van der Waals surface area contributed by atoms with Crippen LogP contribution in [0.1, 0.15) is 37.3 Å². The highest BCUT2D eigenvalue weighted by Gasteiger charge is 2.31. The van der Waals surface area contributed by atoms with Crippen molar-refractivity contribution in [3.8, 4) is 11.5 Å². The standard InChI is InChI=1S/C18H16I4O4/c1-18(4-2-3-15(23)24,9-5-11(19)16(25)12(20)6-9)10-7-13(21)17(26)14(22)8-10/h5-8,25-26H,2-4H2,1H3,(H,23,24). The second-order valence-corrected chi connectivity index (χ2v) is 10.8. The van der Waals surface area contributed by atoms with Gasteiger partial charge in [0.05, 0.1) is 14.3 Å². The molecule has 0 saturated carbocycles. The van der Waals surface area contributed by atoms with Crippen LogP contribution in [-0.2, 0) is 10.2 Å². The molecule has 26 heavy (non-hydrogen) atoms. The van der Waals surface area contributed by atoms with Gasteiger partial charge in [0.1, 0.15) is 11.5 Å². The first-order chi connectivity index (χ1) is 12.1. The molecular formula is C18H16I4O4. The van der Waals surface area contributed by atoms with Crippen molar-refractivity contribution >= 4 is 96.3 Å². The fraction of sp³-hybridized carbons (Fsp3) is 0.278. The van der Waals surface area contributed by atoms with Crippen LogP contribution in [0.2, 0.25) is 0 Å². The molecule has 8 heteroatoms. The number of benzene rings is 2. The molecule has 2 rings (SSSR count). The lowest BCUT2D eigenvalue weighted by Gasteiger charge is -2.32. The predicted molar refractivity (Wildman–Crippen MR) is 135 cm³/mol. The summed E-state index contributed by atoms with van der Waals surface area (Å²) >= 11 is 8.44. The second-order valence-electron chi connectivity index (χ2n) is 6.16. The molecule has 0 aliphatic heterocycles. The summed E-state index contributed by atoms with van der Waals surface area (Å²) in [6.07, 6.45) is 1.29. The van der Waals surface area contributed by atoms with E-state index in [4.69, 9.17) is 5.11 Å². The Kier molecular flexibility index (Phi) is 8.11. The van der Waals surface area contributed by atoms with E-state index in [1.807, 2.05) is 24.3 Å². The van der Waals surface area contributed by atoms with Crippen molar-refractivity contribution in [2.75, 3.05) is 0 Å². The van der Waals surface area contributed by atoms with E-state index >= 15 is 0 Å². The Morgan fingerprint density at radius 3 is 1.54 bits per heavy atom. The summed E-state index contributed by atoms with van der Waals surface area (Å²) in [6, 6.07) is 7.80. The van der Waals surface area contributed by atoms with Crippen LogP contribution in [-0.4, -0.2) is 21.3 Å². The van der Waals surface area contributed by atoms with E-state index in [1.165, 1.54) is 0 Å². The molecular weight excluding hydrogens is 788 g/mol. The number of phenols is 2. The normalized spacial score (nSPS) is 11.6. The van der Waals surface area contributed by atoms with Crippen molar-refractivity contribution in [1.82, 2.24) is 0 Å². The molecule has 0 fully saturated rings. The van der Waals surface area contributed by atoms with Crippen LogP contribution in [0, 0.1) is 14.3 Å². The molecule has 0 spiro atoms. The molecule has 0 atom stereocenters. The van der Waals surface area contributed by atoms with Crippen molar-refractivity contribution in [2.24, 2.45) is 0 Å². The summed E-state index contributed by atoms with van der Waals surface area (Å²) in [5, 5.41) is 29.3. The third-order valence-electron chi connectivity index (χ3n) is 4.38. The molecule has 0 amide bonds. The van der Waals surface area contributed by atoms with E-state index in [2.05, 4.69) is 97.3 Å². The number of rotatable bonds is 6. The largest absolute Gasteiger partial charge is 0.506 e. The third-order valence-corrected chi connectivity index (χ3v) is 7.66. The number of aliphatic carboxylic acids is 1. The molecule has 140 valence electrons. The topological polar surface area (TPSA) is 77.8 Å². The fourth-order valence-corrected chi connectivity index (χ4v) is 6.35. The summed E-state index contributed by atoms with van der Waals surface area (Å²) in [4.78, 5) is 11.0. The summed E-state index contributed by atoms with van der Waals surface area (Å²) in [5.41, 5.74) is 1.61. The maximum atomic E-state index is 11.0. The van der Waals surface area contributed by atoms with Gasteiger partial charge in [0.2, 0.25) is 0 Å². The van der Waals surface area contributed by atoms with E-state index < -0.39 is 11.4 Å². The molecule has 4 nitrogen and oxygen atoms in total. The lowest BCUT2D eigenvalue weighted by Crippen LogP contribution is -2.25. The zero-order valence-corrected chi connectivity index (χ0v) is 22.3. The molecule has 0 radical (unpaired) electrons. The molecule has 0 unspecified atom stereocenters. The minimum absolute atomic E-state index is 0.105. The Hall–Kier alpha value is 0.430. The highest BCUT2D eigenvalue weighted by Crippen LogP contribution is 2.42. The van der Waals surface area contributed by atoms with Gasteiger partial charge in [-0.2, -0.15) is 0 Å². The number of carbonyl (C=O) groups is 1. The van der Waals surface area contributed by atoms with E-state index in [0.29, 0.717) is 12.8 Å². The van der Waals surface area contributed by atoms with Crippen molar-refractivity contribution in [1.29, 1.82) is 0 Å². The maximum Gasteiger partial charge on any atom is 0.303 e. The molecule has 0 aliphatic rings. The van der Waals surface area contributed by atoms with Gasteiger partial charge < -0.3 is 15.3 Å². The van der Waals surface area contributed by atoms with Gasteiger partial charge in [0.25, 0.3) is 0 Å². The molecule has 2 aromatic carbocycles. The second kappa shape index (κ2) is 9.29. The Labute approximate surface area is 206 Å². The predicted octanol–water partition coefficient (Wildman–Crippen LogP) is 6.08. The molecule has 0 saturated heterocycles. The van der Waals surface area contributed by atoms with Crippen LogP contribution >= 0.6 is 90.4 Å². The van der Waals surface area contributed by atoms with Crippen molar-refractivity contribution in [3.05, 3.63) is 49.7 Å². The SMILES string of the molecule is CC(CCCC(=O)O)(c1cc(I)c(O)c(I)c1)c1cc(I)c(O)c(I)c1. The van der Waals surface area contributed by atoms with E-state index in [9.17, 15) is 15.0 Å². The van der Waals surface area contributed by atoms with E-state index in [-0.39, 0.29) is 17.9 Å². The third kappa shape index (κ3) is 5.07. The van der Waals surface area contributed by atoms with Gasteiger partial charge in [-0.15, -0.1) is 0 Å². The highest BCUT2D eigenvalue weighted by molar-refractivity contribution is 14.1. The first-order valence-electron chi connectivity index (χ1n) is 7.65. The fourth-order valence-electron chi connectivity index (χ4n) is 2.82. The number of halogens is 4. The average molecular weight is 804 g/mol. The van der Waals surface area contributed by atoms with Crippen LogP contribution in [0.15, 0.2) is 24.3 Å². The zero-order chi connectivity index (χ0) is 19.6. The van der Waals surface area contributed by atoms with Gasteiger partial charge in [-0.3, -0.25) is 4.79 Å². The molecule has 0 aromatic heterocycles. The molecule has 0 heterocycles. The average Bonchev–Trinajstić information content (AvgIpc) is 2.56. The summed E-state index contributed by atoms with van der Waals surface area (Å²) in [6.45, 7) is 2.09. The van der Waals surface area contributed by atoms with Gasteiger partial charge in [0, 0.05) is 11.8 Å². The Morgan fingerprint density at radius 2 is 1.23 bits per heavy atom. The van der Waals surface area contributed by atoms with Gasteiger partial charge in [-0.25, -0.2) is 0 Å². The lowest BCUT2D eigenvalue weighted by atomic mass is 9.72. The van der Waals surface area contributed by atoms with Gasteiger partial charge in [0.15, 0.2) is 0 Å². The minimum Gasteiger partial charge on any atom is -0.506 e.